The van der Waals surface area contributed by atoms with E-state index < -0.39 is 5.41 Å². The molecular formula is C16H20O3. The monoisotopic (exact) mass is 260 g/mol. The van der Waals surface area contributed by atoms with Gasteiger partial charge >= 0.3 is 5.97 Å². The fraction of sp³-hybridized carbons (Fsp3) is 0.438. The van der Waals surface area contributed by atoms with E-state index in [2.05, 4.69) is 6.58 Å². The number of carbonyl (C=O) groups is 1. The van der Waals surface area contributed by atoms with E-state index in [-0.39, 0.29) is 11.9 Å². The molecule has 102 valence electrons. The van der Waals surface area contributed by atoms with Crippen molar-refractivity contribution in [1.82, 2.24) is 0 Å². The van der Waals surface area contributed by atoms with Gasteiger partial charge in [-0.1, -0.05) is 24.6 Å². The Kier molecular flexibility index (Phi) is 3.93. The Bertz CT molecular complexity index is 457. The molecule has 1 aromatic rings. The van der Waals surface area contributed by atoms with Crippen LogP contribution < -0.4 is 4.74 Å². The summed E-state index contributed by atoms with van der Waals surface area (Å²) < 4.78 is 10.2. The zero-order valence-corrected chi connectivity index (χ0v) is 11.5. The van der Waals surface area contributed by atoms with Crippen molar-refractivity contribution in [2.75, 3.05) is 14.2 Å². The van der Waals surface area contributed by atoms with E-state index in [4.69, 9.17) is 9.47 Å². The van der Waals surface area contributed by atoms with Crippen LogP contribution in [0.4, 0.5) is 0 Å². The summed E-state index contributed by atoms with van der Waals surface area (Å²) in [6.07, 6.45) is 4.65. The van der Waals surface area contributed by atoms with E-state index in [1.807, 2.05) is 30.3 Å². The van der Waals surface area contributed by atoms with Gasteiger partial charge < -0.3 is 9.47 Å². The maximum Gasteiger partial charge on any atom is 0.312 e. The third-order valence-corrected chi connectivity index (χ3v) is 4.14. The second-order valence-corrected chi connectivity index (χ2v) is 4.99. The van der Waals surface area contributed by atoms with Gasteiger partial charge in [0.1, 0.15) is 5.75 Å². The second kappa shape index (κ2) is 5.47. The first-order valence-electron chi connectivity index (χ1n) is 6.53. The number of hydrogen-bond acceptors (Lipinski definition) is 3. The first-order chi connectivity index (χ1) is 9.17. The average Bonchev–Trinajstić information content (AvgIpc) is 2.42. The summed E-state index contributed by atoms with van der Waals surface area (Å²) in [6.45, 7) is 3.91. The highest BCUT2D eigenvalue weighted by atomic mass is 16.5. The summed E-state index contributed by atoms with van der Waals surface area (Å²) in [4.78, 5) is 12.1. The van der Waals surface area contributed by atoms with Crippen LogP contribution in [0.5, 0.6) is 5.75 Å². The van der Waals surface area contributed by atoms with Crippen molar-refractivity contribution in [3.63, 3.8) is 0 Å². The fourth-order valence-corrected chi connectivity index (χ4v) is 2.89. The number of allylic oxidation sites excluding steroid dienone is 1. The van der Waals surface area contributed by atoms with Crippen LogP contribution in [0.3, 0.4) is 0 Å². The number of rotatable bonds is 5. The first kappa shape index (κ1) is 13.7. The molecule has 0 aromatic heterocycles. The lowest BCUT2D eigenvalue weighted by molar-refractivity contribution is -0.159. The molecule has 0 heterocycles. The molecule has 0 N–H and O–H groups in total. The molecule has 19 heavy (non-hydrogen) atoms. The minimum Gasteiger partial charge on any atom is -0.497 e. The van der Waals surface area contributed by atoms with Gasteiger partial charge in [0, 0.05) is 5.92 Å². The quantitative estimate of drug-likeness (QED) is 0.602. The number of ether oxygens (including phenoxy) is 2. The Hall–Kier alpha value is -1.77. The molecule has 0 radical (unpaired) electrons. The van der Waals surface area contributed by atoms with E-state index >= 15 is 0 Å². The van der Waals surface area contributed by atoms with E-state index in [1.54, 1.807) is 7.11 Å². The van der Waals surface area contributed by atoms with Gasteiger partial charge in [0.15, 0.2) is 0 Å². The zero-order valence-electron chi connectivity index (χ0n) is 11.5. The van der Waals surface area contributed by atoms with Crippen LogP contribution in [0.2, 0.25) is 0 Å². The number of hydrogen-bond donors (Lipinski definition) is 0. The predicted octanol–water partition coefficient (Wildman–Crippen LogP) is 3.31. The Morgan fingerprint density at radius 2 is 1.95 bits per heavy atom. The lowest BCUT2D eigenvalue weighted by Gasteiger charge is -2.44. The standard InChI is InChI=1S/C16H20O3/c1-4-14(12-6-8-13(18-2)9-7-12)16(10-5-11-16)15(17)19-3/h4,6-9,14H,1,5,10-11H2,2-3H3/t14-/m1/s1. The maximum absolute atomic E-state index is 12.1. The Morgan fingerprint density at radius 1 is 1.32 bits per heavy atom. The van der Waals surface area contributed by atoms with Crippen molar-refractivity contribution in [3.8, 4) is 5.75 Å². The van der Waals surface area contributed by atoms with Gasteiger partial charge in [0.25, 0.3) is 0 Å². The molecule has 0 spiro atoms. The third-order valence-electron chi connectivity index (χ3n) is 4.14. The van der Waals surface area contributed by atoms with Crippen LogP contribution in [0.1, 0.15) is 30.7 Å². The summed E-state index contributed by atoms with van der Waals surface area (Å²) in [7, 11) is 3.10. The normalized spacial score (nSPS) is 18.0. The predicted molar refractivity (Wildman–Crippen MR) is 74.2 cm³/mol. The van der Waals surface area contributed by atoms with Crippen LogP contribution in [0.25, 0.3) is 0 Å². The van der Waals surface area contributed by atoms with Crippen molar-refractivity contribution >= 4 is 5.97 Å². The molecule has 2 rings (SSSR count). The SMILES string of the molecule is C=C[C@H](c1ccc(OC)cc1)C1(C(=O)OC)CCC1. The van der Waals surface area contributed by atoms with Gasteiger partial charge in [-0.15, -0.1) is 6.58 Å². The van der Waals surface area contributed by atoms with Crippen LogP contribution in [-0.2, 0) is 9.53 Å². The molecule has 0 amide bonds. The zero-order chi connectivity index (χ0) is 13.9. The van der Waals surface area contributed by atoms with E-state index in [9.17, 15) is 4.79 Å². The van der Waals surface area contributed by atoms with E-state index in [1.165, 1.54) is 7.11 Å². The van der Waals surface area contributed by atoms with Crippen molar-refractivity contribution in [3.05, 3.63) is 42.5 Å². The van der Waals surface area contributed by atoms with Crippen molar-refractivity contribution in [1.29, 1.82) is 0 Å². The van der Waals surface area contributed by atoms with Gasteiger partial charge in [-0.2, -0.15) is 0 Å². The largest absolute Gasteiger partial charge is 0.497 e. The Morgan fingerprint density at radius 3 is 2.32 bits per heavy atom. The molecule has 0 unspecified atom stereocenters. The molecule has 1 atom stereocenters. The minimum atomic E-state index is -0.426. The fourth-order valence-electron chi connectivity index (χ4n) is 2.89. The van der Waals surface area contributed by atoms with E-state index in [0.29, 0.717) is 0 Å². The summed E-state index contributed by atoms with van der Waals surface area (Å²) in [5, 5.41) is 0. The molecule has 1 aliphatic rings. The Labute approximate surface area is 114 Å². The highest BCUT2D eigenvalue weighted by molar-refractivity contribution is 5.79. The van der Waals surface area contributed by atoms with Crippen LogP contribution in [0, 0.1) is 5.41 Å². The first-order valence-corrected chi connectivity index (χ1v) is 6.53. The highest BCUT2D eigenvalue weighted by Crippen LogP contribution is 2.52. The molecule has 1 saturated carbocycles. The van der Waals surface area contributed by atoms with Crippen molar-refractivity contribution < 1.29 is 14.3 Å². The minimum absolute atomic E-state index is 0.000365. The summed E-state index contributed by atoms with van der Waals surface area (Å²) in [6, 6.07) is 7.81. The van der Waals surface area contributed by atoms with Crippen LogP contribution in [-0.4, -0.2) is 20.2 Å². The molecule has 0 bridgehead atoms. The lowest BCUT2D eigenvalue weighted by atomic mass is 9.59. The van der Waals surface area contributed by atoms with Crippen LogP contribution in [0.15, 0.2) is 36.9 Å². The van der Waals surface area contributed by atoms with Crippen molar-refractivity contribution in [2.24, 2.45) is 5.41 Å². The molecule has 0 aliphatic heterocycles. The van der Waals surface area contributed by atoms with Crippen molar-refractivity contribution in [2.45, 2.75) is 25.2 Å². The van der Waals surface area contributed by atoms with Gasteiger partial charge in [-0.25, -0.2) is 0 Å². The number of benzene rings is 1. The molecule has 3 nitrogen and oxygen atoms in total. The highest BCUT2D eigenvalue weighted by Gasteiger charge is 2.50. The number of esters is 1. The number of methoxy groups -OCH3 is 2. The Balaban J connectivity index is 2.32. The number of carbonyl (C=O) groups excluding carboxylic acids is 1. The maximum atomic E-state index is 12.1. The molecule has 1 aromatic carbocycles. The third kappa shape index (κ3) is 2.25. The second-order valence-electron chi connectivity index (χ2n) is 4.99. The lowest BCUT2D eigenvalue weighted by Crippen LogP contribution is -2.43. The average molecular weight is 260 g/mol. The molecule has 1 fully saturated rings. The summed E-state index contributed by atoms with van der Waals surface area (Å²) >= 11 is 0. The molecule has 1 aliphatic carbocycles. The summed E-state index contributed by atoms with van der Waals surface area (Å²) in [5.41, 5.74) is 0.659. The molecular weight excluding hydrogens is 240 g/mol. The van der Waals surface area contributed by atoms with Gasteiger partial charge in [-0.3, -0.25) is 4.79 Å². The van der Waals surface area contributed by atoms with E-state index in [0.717, 1.165) is 30.6 Å². The topological polar surface area (TPSA) is 35.5 Å². The van der Waals surface area contributed by atoms with Crippen LogP contribution >= 0.6 is 0 Å². The molecule has 3 heteroatoms. The van der Waals surface area contributed by atoms with Gasteiger partial charge in [-0.05, 0) is 30.5 Å². The van der Waals surface area contributed by atoms with Gasteiger partial charge in [0.05, 0.1) is 19.6 Å². The summed E-state index contributed by atoms with van der Waals surface area (Å²) in [5.74, 6) is 0.686. The van der Waals surface area contributed by atoms with Gasteiger partial charge in [0.2, 0.25) is 0 Å². The smallest absolute Gasteiger partial charge is 0.312 e. The molecule has 0 saturated heterocycles.